The van der Waals surface area contributed by atoms with Crippen LogP contribution in [0.15, 0.2) is 83.7 Å². The van der Waals surface area contributed by atoms with Gasteiger partial charge in [0, 0.05) is 50.0 Å². The van der Waals surface area contributed by atoms with Gasteiger partial charge in [0.15, 0.2) is 0 Å². The van der Waals surface area contributed by atoms with Crippen molar-refractivity contribution in [1.29, 1.82) is 0 Å². The van der Waals surface area contributed by atoms with Crippen molar-refractivity contribution in [1.82, 2.24) is 24.1 Å². The van der Waals surface area contributed by atoms with Gasteiger partial charge in [-0.25, -0.2) is 0 Å². The summed E-state index contributed by atoms with van der Waals surface area (Å²) in [6, 6.07) is 18.8. The summed E-state index contributed by atoms with van der Waals surface area (Å²) in [6.07, 6.45) is -4.21. The van der Waals surface area contributed by atoms with E-state index < -0.39 is 41.7 Å². The van der Waals surface area contributed by atoms with E-state index in [1.807, 2.05) is 30.3 Å². The van der Waals surface area contributed by atoms with Gasteiger partial charge < -0.3 is 20.9 Å². The molecule has 0 saturated carbocycles. The number of benzene rings is 2. The summed E-state index contributed by atoms with van der Waals surface area (Å²) < 4.78 is 42.3. The van der Waals surface area contributed by atoms with Crippen molar-refractivity contribution in [3.05, 3.63) is 94.8 Å². The Hall–Kier alpha value is -4.46. The highest BCUT2D eigenvalue weighted by Gasteiger charge is 2.31. The minimum atomic E-state index is -4.58. The van der Waals surface area contributed by atoms with Crippen LogP contribution in [0, 0.1) is 0 Å². The molecule has 10 nitrogen and oxygen atoms in total. The maximum absolute atomic E-state index is 13.2. The molecular formula is C32H35ClF3N7O3. The first-order chi connectivity index (χ1) is 21.5. The number of hydrogen-bond acceptors (Lipinski definition) is 6. The number of pyridine rings is 1. The number of likely N-dealkylation sites (N-methyl/N-ethyl adjacent to an activating group) is 1. The van der Waals surface area contributed by atoms with Crippen LogP contribution >= 0.6 is 12.4 Å². The van der Waals surface area contributed by atoms with Crippen molar-refractivity contribution in [3.63, 3.8) is 0 Å². The number of nitrogens with zero attached hydrogens (tertiary/aromatic N) is 5. The molecule has 5 rings (SSSR count). The molecule has 1 aliphatic heterocycles. The van der Waals surface area contributed by atoms with E-state index in [-0.39, 0.29) is 18.1 Å². The van der Waals surface area contributed by atoms with Gasteiger partial charge in [0.05, 0.1) is 22.6 Å². The largest absolute Gasteiger partial charge is 0.416 e. The summed E-state index contributed by atoms with van der Waals surface area (Å²) >= 11 is 0. The third kappa shape index (κ3) is 8.22. The van der Waals surface area contributed by atoms with Crippen LogP contribution in [0.1, 0.15) is 18.0 Å². The smallest absolute Gasteiger partial charge is 0.368 e. The molecule has 244 valence electrons. The Labute approximate surface area is 270 Å². The predicted molar refractivity (Wildman–Crippen MR) is 171 cm³/mol. The highest BCUT2D eigenvalue weighted by atomic mass is 35.5. The normalized spacial score (nSPS) is 14.8. The molecule has 0 aliphatic carbocycles. The average molecular weight is 658 g/mol. The Bertz CT molecular complexity index is 1720. The molecule has 1 unspecified atom stereocenters. The number of nitrogens with two attached hydrogens (primary N) is 1. The number of carbonyl (C=O) groups excluding carboxylic acids is 2. The van der Waals surface area contributed by atoms with E-state index in [0.29, 0.717) is 30.0 Å². The van der Waals surface area contributed by atoms with Crippen molar-refractivity contribution in [2.45, 2.75) is 25.2 Å². The van der Waals surface area contributed by atoms with E-state index in [1.54, 1.807) is 12.1 Å². The van der Waals surface area contributed by atoms with Gasteiger partial charge in [-0.05, 0) is 43.8 Å². The van der Waals surface area contributed by atoms with Gasteiger partial charge in [-0.2, -0.15) is 18.3 Å². The molecule has 1 fully saturated rings. The lowest BCUT2D eigenvalue weighted by atomic mass is 10.1. The number of carbonyl (C=O) groups is 2. The number of rotatable bonds is 10. The second kappa shape index (κ2) is 14.8. The Morgan fingerprint density at radius 3 is 2.30 bits per heavy atom. The van der Waals surface area contributed by atoms with Gasteiger partial charge in [-0.1, -0.05) is 42.5 Å². The van der Waals surface area contributed by atoms with Crippen LogP contribution in [0.3, 0.4) is 0 Å². The zero-order valence-corrected chi connectivity index (χ0v) is 25.9. The molecule has 0 radical (unpaired) electrons. The molecule has 4 aromatic rings. The molecule has 2 aromatic heterocycles. The van der Waals surface area contributed by atoms with Crippen molar-refractivity contribution in [3.8, 4) is 22.6 Å². The van der Waals surface area contributed by atoms with Crippen LogP contribution in [0.2, 0.25) is 0 Å². The maximum Gasteiger partial charge on any atom is 0.416 e. The fraction of sp³-hybridized carbons (Fsp3) is 0.312. The minimum Gasteiger partial charge on any atom is -0.368 e. The lowest BCUT2D eigenvalue weighted by Gasteiger charge is -2.33. The molecule has 1 aliphatic rings. The van der Waals surface area contributed by atoms with Gasteiger partial charge in [0.1, 0.15) is 12.6 Å². The van der Waals surface area contributed by atoms with E-state index in [0.717, 1.165) is 43.9 Å². The molecule has 46 heavy (non-hydrogen) atoms. The van der Waals surface area contributed by atoms with Crippen molar-refractivity contribution >= 4 is 29.9 Å². The van der Waals surface area contributed by atoms with Crippen LogP contribution < -0.4 is 16.6 Å². The number of hydrogen-bond donors (Lipinski definition) is 2. The Morgan fingerprint density at radius 1 is 0.935 bits per heavy atom. The number of halogens is 4. The van der Waals surface area contributed by atoms with E-state index >= 15 is 0 Å². The molecule has 3 heterocycles. The molecule has 0 spiro atoms. The third-order valence-electron chi connectivity index (χ3n) is 7.83. The fourth-order valence-electron chi connectivity index (χ4n) is 5.36. The number of alkyl halides is 3. The van der Waals surface area contributed by atoms with Crippen molar-refractivity contribution in [2.24, 2.45) is 5.73 Å². The molecule has 3 N–H and O–H groups in total. The van der Waals surface area contributed by atoms with Gasteiger partial charge in [-0.3, -0.25) is 23.6 Å². The van der Waals surface area contributed by atoms with E-state index in [2.05, 4.69) is 22.2 Å². The Morgan fingerprint density at radius 2 is 1.63 bits per heavy atom. The zero-order chi connectivity index (χ0) is 32.1. The van der Waals surface area contributed by atoms with Crippen LogP contribution in [0.5, 0.6) is 0 Å². The zero-order valence-electron chi connectivity index (χ0n) is 25.1. The first-order valence-electron chi connectivity index (χ1n) is 14.5. The molecule has 14 heteroatoms. The predicted octanol–water partition coefficient (Wildman–Crippen LogP) is 4.12. The van der Waals surface area contributed by atoms with Crippen molar-refractivity contribution in [2.75, 3.05) is 45.1 Å². The first kappa shape index (κ1) is 34.4. The number of nitrogens with one attached hydrogen (secondary N) is 1. The highest BCUT2D eigenvalue weighted by Crippen LogP contribution is 2.31. The maximum atomic E-state index is 13.2. The highest BCUT2D eigenvalue weighted by molar-refractivity contribution is 5.91. The van der Waals surface area contributed by atoms with Crippen LogP contribution in [-0.2, 0) is 22.3 Å². The molecule has 2 amide bonds. The number of anilines is 1. The number of primary amides is 1. The van der Waals surface area contributed by atoms with Crippen LogP contribution in [0.25, 0.3) is 22.6 Å². The Kier molecular flexibility index (Phi) is 11.0. The topological polar surface area (TPSA) is 118 Å². The summed E-state index contributed by atoms with van der Waals surface area (Å²) in [5.41, 5.74) is 6.43. The average Bonchev–Trinajstić information content (AvgIpc) is 3.44. The van der Waals surface area contributed by atoms with Crippen LogP contribution in [-0.4, -0.2) is 75.7 Å². The van der Waals surface area contributed by atoms with E-state index in [9.17, 15) is 27.6 Å². The quantitative estimate of drug-likeness (QED) is 0.265. The van der Waals surface area contributed by atoms with E-state index in [4.69, 9.17) is 10.8 Å². The summed E-state index contributed by atoms with van der Waals surface area (Å²) in [5, 5.41) is 7.22. The number of amides is 2. The summed E-state index contributed by atoms with van der Waals surface area (Å²) in [7, 11) is 2.06. The number of aromatic nitrogens is 3. The van der Waals surface area contributed by atoms with Crippen LogP contribution in [0.4, 0.5) is 18.9 Å². The lowest BCUT2D eigenvalue weighted by molar-refractivity contribution is -0.137. The second-order valence-corrected chi connectivity index (χ2v) is 11.0. The second-order valence-electron chi connectivity index (χ2n) is 11.0. The number of piperazine rings is 1. The molecule has 1 atom stereocenters. The Balaban J connectivity index is 0.00000480. The standard InChI is InChI=1S/C32H34F3N7O3.ClH/c1-39-15-17-40(18-16-39)14-13-27(31(36)45)42-28(20-25(38-42)22-7-3-2-4-8-22)26-11-6-12-30(44)41(26)21-29(43)37-24-10-5-9-23(19-24)32(33,34)35;/h2-12,19-20,27H,13-18,21H2,1H3,(H2,36,45)(H,37,43);1H. The van der Waals surface area contributed by atoms with Gasteiger partial charge in [-0.15, -0.1) is 12.4 Å². The van der Waals surface area contributed by atoms with E-state index in [1.165, 1.54) is 33.5 Å². The lowest BCUT2D eigenvalue weighted by Crippen LogP contribution is -2.45. The van der Waals surface area contributed by atoms with Crippen molar-refractivity contribution < 1.29 is 22.8 Å². The molecular weight excluding hydrogens is 623 g/mol. The summed E-state index contributed by atoms with van der Waals surface area (Å²) in [4.78, 5) is 43.6. The monoisotopic (exact) mass is 657 g/mol. The molecule has 2 aromatic carbocycles. The molecule has 1 saturated heterocycles. The summed E-state index contributed by atoms with van der Waals surface area (Å²) in [5.74, 6) is -1.31. The van der Waals surface area contributed by atoms with Gasteiger partial charge in [0.25, 0.3) is 5.56 Å². The summed E-state index contributed by atoms with van der Waals surface area (Å²) in [6.45, 7) is 3.61. The third-order valence-corrected chi connectivity index (χ3v) is 7.83. The van der Waals surface area contributed by atoms with Gasteiger partial charge >= 0.3 is 6.18 Å². The van der Waals surface area contributed by atoms with Gasteiger partial charge in [0.2, 0.25) is 11.8 Å². The minimum absolute atomic E-state index is 0. The SMILES string of the molecule is CN1CCN(CCC(C(N)=O)n2nc(-c3ccccc3)cc2-c2cccc(=O)n2CC(=O)Nc2cccc(C(F)(F)F)c2)CC1.Cl. The fourth-order valence-corrected chi connectivity index (χ4v) is 5.36. The molecule has 0 bridgehead atoms. The first-order valence-corrected chi connectivity index (χ1v) is 14.5.